The Hall–Kier alpha value is -3.35. The van der Waals surface area contributed by atoms with E-state index in [0.29, 0.717) is 11.1 Å². The van der Waals surface area contributed by atoms with Crippen LogP contribution in [0, 0.1) is 41.4 Å². The van der Waals surface area contributed by atoms with Gasteiger partial charge in [0, 0.05) is 17.4 Å². The van der Waals surface area contributed by atoms with Gasteiger partial charge in [0.1, 0.15) is 5.75 Å². The molecule has 200 valence electrons. The van der Waals surface area contributed by atoms with Crippen molar-refractivity contribution in [1.82, 2.24) is 4.90 Å². The molecule has 0 spiro atoms. The second-order valence-corrected chi connectivity index (χ2v) is 11.4. The highest BCUT2D eigenvalue weighted by molar-refractivity contribution is 6.32. The third-order valence-electron chi connectivity index (χ3n) is 8.96. The molecule has 3 fully saturated rings. The summed E-state index contributed by atoms with van der Waals surface area (Å²) in [6.45, 7) is 0. The van der Waals surface area contributed by atoms with Crippen molar-refractivity contribution < 1.29 is 34.2 Å². The average molecular weight is 521 g/mol. The number of ketones is 4. The van der Waals surface area contributed by atoms with Crippen molar-refractivity contribution in [2.45, 2.75) is 56.6 Å². The Balaban J connectivity index is 1.58. The first kappa shape index (κ1) is 26.3. The molecule has 1 aromatic carbocycles. The molecule has 0 bridgehead atoms. The number of aliphatic hydroxyl groups is 1. The fraction of sp³-hybridized carbons (Fsp3) is 0.552. The molecule has 9 nitrogen and oxygen atoms in total. The molecule has 0 saturated heterocycles. The molecule has 38 heavy (non-hydrogen) atoms. The molecule has 1 aromatic rings. The molecule has 9 heteroatoms. The lowest BCUT2D eigenvalue weighted by Gasteiger charge is -2.52. The molecule has 6 atom stereocenters. The zero-order valence-electron chi connectivity index (χ0n) is 21.5. The molecule has 0 aliphatic heterocycles. The number of rotatable bonds is 2. The van der Waals surface area contributed by atoms with Crippen LogP contribution in [0.2, 0.25) is 0 Å². The van der Waals surface area contributed by atoms with Gasteiger partial charge in [0.05, 0.1) is 17.5 Å². The molecule has 4 N–H and O–H groups in total. The van der Waals surface area contributed by atoms with Gasteiger partial charge in [-0.25, -0.2) is 0 Å². The van der Waals surface area contributed by atoms with E-state index in [1.54, 1.807) is 20.2 Å². The van der Waals surface area contributed by atoms with Crippen LogP contribution < -0.4 is 5.73 Å². The minimum atomic E-state index is -2.72. The van der Waals surface area contributed by atoms with Gasteiger partial charge in [-0.3, -0.25) is 28.9 Å². The number of hydrogen-bond donors (Lipinski definition) is 3. The van der Waals surface area contributed by atoms with E-state index in [2.05, 4.69) is 11.8 Å². The smallest absolute Gasteiger partial charge is 0.235 e. The lowest BCUT2D eigenvalue weighted by molar-refractivity contribution is -0.181. The third-order valence-corrected chi connectivity index (χ3v) is 8.96. The van der Waals surface area contributed by atoms with Gasteiger partial charge in [-0.05, 0) is 63.4 Å². The fourth-order valence-corrected chi connectivity index (χ4v) is 7.15. The van der Waals surface area contributed by atoms with Crippen molar-refractivity contribution in [3.05, 3.63) is 28.8 Å². The van der Waals surface area contributed by atoms with Gasteiger partial charge in [-0.1, -0.05) is 31.1 Å². The fourth-order valence-electron chi connectivity index (χ4n) is 7.15. The maximum Gasteiger partial charge on any atom is 0.235 e. The van der Waals surface area contributed by atoms with Gasteiger partial charge in [0.2, 0.25) is 5.91 Å². The minimum absolute atomic E-state index is 0.0213. The number of benzene rings is 1. The van der Waals surface area contributed by atoms with Crippen LogP contribution in [-0.4, -0.2) is 69.9 Å². The number of likely N-dealkylation sites (N-methyl/N-ethyl adjacent to an activating group) is 1. The maximum absolute atomic E-state index is 13.8. The topological polar surface area (TPSA) is 155 Å². The number of amides is 1. The van der Waals surface area contributed by atoms with Crippen LogP contribution in [0.1, 0.15) is 60.0 Å². The van der Waals surface area contributed by atoms with E-state index < -0.39 is 64.4 Å². The Labute approximate surface area is 220 Å². The zero-order valence-corrected chi connectivity index (χ0v) is 21.5. The van der Waals surface area contributed by atoms with Gasteiger partial charge in [0.25, 0.3) is 0 Å². The molecular weight excluding hydrogens is 488 g/mol. The van der Waals surface area contributed by atoms with Crippen molar-refractivity contribution in [3.63, 3.8) is 0 Å². The van der Waals surface area contributed by atoms with E-state index in [1.807, 2.05) is 0 Å². The summed E-state index contributed by atoms with van der Waals surface area (Å²) >= 11 is 0. The number of phenolic OH excluding ortho intramolecular Hbond substituents is 1. The number of Topliss-reactive ketones (excluding diaryl/α,β-unsaturated/α-hetero) is 4. The van der Waals surface area contributed by atoms with Crippen molar-refractivity contribution in [3.8, 4) is 17.6 Å². The number of aromatic hydroxyl groups is 1. The van der Waals surface area contributed by atoms with Crippen molar-refractivity contribution in [2.24, 2.45) is 35.3 Å². The first-order chi connectivity index (χ1) is 18.0. The van der Waals surface area contributed by atoms with Crippen LogP contribution in [0.15, 0.2) is 12.1 Å². The van der Waals surface area contributed by atoms with Gasteiger partial charge < -0.3 is 15.9 Å². The van der Waals surface area contributed by atoms with Crippen molar-refractivity contribution in [2.75, 3.05) is 14.1 Å². The van der Waals surface area contributed by atoms with E-state index in [9.17, 15) is 34.2 Å². The molecule has 0 heterocycles. The number of nitrogens with two attached hydrogens (primary N) is 1. The number of fused-ring (bicyclic) bond motifs is 3. The minimum Gasteiger partial charge on any atom is -0.507 e. The van der Waals surface area contributed by atoms with Crippen LogP contribution in [0.5, 0.6) is 5.75 Å². The number of hydrogen-bond acceptors (Lipinski definition) is 8. The van der Waals surface area contributed by atoms with Crippen LogP contribution in [0.25, 0.3) is 0 Å². The number of primary amides is 1. The SMILES string of the molecule is CN(C)C1C(=O)C(C(N)=O)C(=O)C2(O)C(=O)C3C(=O)c4c(O)ccc(C#CC5CCCCC5)c4CC3CC12. The monoisotopic (exact) mass is 520 g/mol. The van der Waals surface area contributed by atoms with Gasteiger partial charge >= 0.3 is 0 Å². The van der Waals surface area contributed by atoms with Crippen LogP contribution in [0.4, 0.5) is 0 Å². The molecule has 4 aliphatic rings. The molecular formula is C29H32N2O7. The highest BCUT2D eigenvalue weighted by Gasteiger charge is 2.69. The van der Waals surface area contributed by atoms with Crippen molar-refractivity contribution >= 4 is 29.0 Å². The highest BCUT2D eigenvalue weighted by Crippen LogP contribution is 2.51. The van der Waals surface area contributed by atoms with E-state index in [1.165, 1.54) is 17.4 Å². The largest absolute Gasteiger partial charge is 0.507 e. The predicted molar refractivity (Wildman–Crippen MR) is 135 cm³/mol. The second kappa shape index (κ2) is 9.44. The molecule has 0 aromatic heterocycles. The predicted octanol–water partition coefficient (Wildman–Crippen LogP) is 0.799. The van der Waals surface area contributed by atoms with E-state index in [4.69, 9.17) is 5.73 Å². The lowest BCUT2D eigenvalue weighted by atomic mass is 9.52. The first-order valence-electron chi connectivity index (χ1n) is 13.2. The highest BCUT2D eigenvalue weighted by atomic mass is 16.3. The van der Waals surface area contributed by atoms with E-state index in [0.717, 1.165) is 25.7 Å². The molecule has 4 aliphatic carbocycles. The maximum atomic E-state index is 13.8. The van der Waals surface area contributed by atoms with Gasteiger partial charge in [0.15, 0.2) is 34.7 Å². The quantitative estimate of drug-likeness (QED) is 0.382. The first-order valence-corrected chi connectivity index (χ1v) is 13.2. The Morgan fingerprint density at radius 3 is 2.39 bits per heavy atom. The van der Waals surface area contributed by atoms with E-state index in [-0.39, 0.29) is 30.1 Å². The summed E-state index contributed by atoms with van der Waals surface area (Å²) < 4.78 is 0. The summed E-state index contributed by atoms with van der Waals surface area (Å²) in [6, 6.07) is 1.93. The lowest BCUT2D eigenvalue weighted by Crippen LogP contribution is -2.74. The van der Waals surface area contributed by atoms with Gasteiger partial charge in [-0.2, -0.15) is 0 Å². The summed E-state index contributed by atoms with van der Waals surface area (Å²) in [7, 11) is 3.12. The zero-order chi connectivity index (χ0) is 27.5. The normalized spacial score (nSPS) is 33.2. The Kier molecular flexibility index (Phi) is 6.52. The molecule has 6 unspecified atom stereocenters. The Bertz CT molecular complexity index is 1320. The Morgan fingerprint density at radius 2 is 1.76 bits per heavy atom. The summed E-state index contributed by atoms with van der Waals surface area (Å²) in [6.07, 6.45) is 5.73. The Morgan fingerprint density at radius 1 is 1.08 bits per heavy atom. The summed E-state index contributed by atoms with van der Waals surface area (Å²) in [4.78, 5) is 67.6. The number of nitrogens with zero attached hydrogens (tertiary/aromatic N) is 1. The third kappa shape index (κ3) is 3.81. The van der Waals surface area contributed by atoms with E-state index >= 15 is 0 Å². The average Bonchev–Trinajstić information content (AvgIpc) is 2.86. The standard InChI is InChI=1S/C29H32N2O7/c1-31(2)23-18-13-16-12-17-15(9-8-14-6-4-3-5-7-14)10-11-19(32)21(17)24(33)20(16)26(35)29(18,38)27(36)22(25(23)34)28(30)37/h10-11,14,16,18,20,22-23,32,38H,3-7,12-13H2,1-2H3,(H2,30,37). The molecule has 3 saturated carbocycles. The number of carbonyl (C=O) groups excluding carboxylic acids is 5. The van der Waals surface area contributed by atoms with Crippen LogP contribution >= 0.6 is 0 Å². The van der Waals surface area contributed by atoms with Gasteiger partial charge in [-0.15, -0.1) is 0 Å². The molecule has 1 amide bonds. The van der Waals surface area contributed by atoms with Crippen LogP contribution in [0.3, 0.4) is 0 Å². The molecule has 5 rings (SSSR count). The number of phenols is 1. The van der Waals surface area contributed by atoms with Crippen LogP contribution in [-0.2, 0) is 25.6 Å². The summed E-state index contributed by atoms with van der Waals surface area (Å²) in [5.41, 5.74) is 3.76. The summed E-state index contributed by atoms with van der Waals surface area (Å²) in [5, 5.41) is 22.3. The molecule has 0 radical (unpaired) electrons. The number of carbonyl (C=O) groups is 5. The second-order valence-electron chi connectivity index (χ2n) is 11.4. The van der Waals surface area contributed by atoms with Crippen molar-refractivity contribution in [1.29, 1.82) is 0 Å². The summed E-state index contributed by atoms with van der Waals surface area (Å²) in [5.74, 6) is -3.64.